The van der Waals surface area contributed by atoms with E-state index in [9.17, 15) is 9.50 Å². The molecule has 2 aromatic carbocycles. The summed E-state index contributed by atoms with van der Waals surface area (Å²) in [6.07, 6.45) is 7.56. The SMILES string of the molecule is CCc1c(F)ccc2cc(O)cc(-c3nc4c5c(nc(OC[C@@]67CCCN6C[C@H](F)C7)nc5c3F)N(C)C3(CCCCC3)CCO4)c12. The maximum Gasteiger partial charge on any atom is 0.319 e. The Morgan fingerprint density at radius 2 is 1.85 bits per heavy atom. The van der Waals surface area contributed by atoms with Crippen LogP contribution in [0.5, 0.6) is 17.6 Å². The first-order valence-electron chi connectivity index (χ1n) is 17.0. The Kier molecular flexibility index (Phi) is 7.38. The number of pyridine rings is 1. The zero-order valence-corrected chi connectivity index (χ0v) is 26.9. The van der Waals surface area contributed by atoms with E-state index in [2.05, 4.69) is 14.8 Å². The zero-order chi connectivity index (χ0) is 32.5. The average Bonchev–Trinajstić information content (AvgIpc) is 3.59. The number of aromatic hydroxyl groups is 1. The molecule has 4 aromatic rings. The van der Waals surface area contributed by atoms with Gasteiger partial charge in [-0.2, -0.15) is 9.97 Å². The maximum atomic E-state index is 17.1. The molecule has 2 saturated heterocycles. The third kappa shape index (κ3) is 4.86. The zero-order valence-electron chi connectivity index (χ0n) is 26.9. The van der Waals surface area contributed by atoms with Crippen LogP contribution >= 0.6 is 0 Å². The van der Waals surface area contributed by atoms with Crippen molar-refractivity contribution in [1.82, 2.24) is 19.9 Å². The Morgan fingerprint density at radius 3 is 2.66 bits per heavy atom. The quantitative estimate of drug-likeness (QED) is 0.242. The molecule has 1 spiro atoms. The summed E-state index contributed by atoms with van der Waals surface area (Å²) < 4.78 is 59.5. The van der Waals surface area contributed by atoms with Gasteiger partial charge in [-0.05, 0) is 73.2 Å². The number of benzene rings is 2. The van der Waals surface area contributed by atoms with Crippen molar-refractivity contribution in [1.29, 1.82) is 0 Å². The third-order valence-corrected chi connectivity index (χ3v) is 11.3. The van der Waals surface area contributed by atoms with Gasteiger partial charge in [0.25, 0.3) is 0 Å². The fourth-order valence-electron chi connectivity index (χ4n) is 8.90. The van der Waals surface area contributed by atoms with Gasteiger partial charge < -0.3 is 19.5 Å². The van der Waals surface area contributed by atoms with E-state index in [0.29, 0.717) is 53.5 Å². The topological polar surface area (TPSA) is 83.8 Å². The van der Waals surface area contributed by atoms with Gasteiger partial charge in [0.2, 0.25) is 5.88 Å². The molecule has 8 nitrogen and oxygen atoms in total. The van der Waals surface area contributed by atoms with Crippen LogP contribution in [0.3, 0.4) is 0 Å². The minimum absolute atomic E-state index is 0.0116. The number of halogens is 3. The molecule has 0 bridgehead atoms. The van der Waals surface area contributed by atoms with E-state index in [4.69, 9.17) is 19.4 Å². The van der Waals surface area contributed by atoms with Crippen LogP contribution in [0.2, 0.25) is 0 Å². The van der Waals surface area contributed by atoms with Gasteiger partial charge in [0.05, 0.1) is 12.1 Å². The van der Waals surface area contributed by atoms with Gasteiger partial charge in [-0.1, -0.05) is 32.3 Å². The maximum absolute atomic E-state index is 17.1. The second-order valence-corrected chi connectivity index (χ2v) is 13.9. The highest BCUT2D eigenvalue weighted by Crippen LogP contribution is 2.47. The van der Waals surface area contributed by atoms with E-state index < -0.39 is 23.3 Å². The predicted octanol–water partition coefficient (Wildman–Crippen LogP) is 7.27. The molecule has 47 heavy (non-hydrogen) atoms. The number of rotatable bonds is 5. The lowest BCUT2D eigenvalue weighted by Crippen LogP contribution is -2.50. The Labute approximate surface area is 271 Å². The van der Waals surface area contributed by atoms with E-state index in [1.165, 1.54) is 18.2 Å². The van der Waals surface area contributed by atoms with Gasteiger partial charge in [-0.15, -0.1) is 0 Å². The van der Waals surface area contributed by atoms with Crippen LogP contribution in [0.15, 0.2) is 24.3 Å². The molecule has 0 amide bonds. The molecule has 8 rings (SSSR count). The highest BCUT2D eigenvalue weighted by Gasteiger charge is 2.49. The number of nitrogens with zero attached hydrogens (tertiary/aromatic N) is 5. The highest BCUT2D eigenvalue weighted by atomic mass is 19.1. The van der Waals surface area contributed by atoms with Gasteiger partial charge >= 0.3 is 6.01 Å². The van der Waals surface area contributed by atoms with Crippen LogP contribution in [0.1, 0.15) is 70.3 Å². The Morgan fingerprint density at radius 1 is 1.02 bits per heavy atom. The number of alkyl halides is 1. The van der Waals surface area contributed by atoms with Crippen molar-refractivity contribution in [2.75, 3.05) is 38.3 Å². The van der Waals surface area contributed by atoms with Gasteiger partial charge in [0.1, 0.15) is 46.8 Å². The van der Waals surface area contributed by atoms with E-state index in [1.54, 1.807) is 6.07 Å². The number of aryl methyl sites for hydroxylation is 1. The number of fused-ring (bicyclic) bond motifs is 2. The standard InChI is InChI=1S/C36H40F3N5O3/c1-3-24-26(38)9-8-21-16-23(45)17-25(27(21)24)30-29(39)31-28-32(43(2)35(10-5-4-6-11-35)13-15-46-33(28)40-30)42-34(41-31)47-20-36-12-7-14-44(36)19-22(37)18-36/h8-9,16-17,22,45H,3-7,10-15,18-20H2,1-2H3/t22-,36+/m1/s1. The number of anilines is 1. The van der Waals surface area contributed by atoms with Crippen molar-refractivity contribution in [2.45, 2.75) is 88.4 Å². The van der Waals surface area contributed by atoms with Crippen molar-refractivity contribution >= 4 is 27.5 Å². The summed E-state index contributed by atoms with van der Waals surface area (Å²) in [5.41, 5.74) is -0.138. The summed E-state index contributed by atoms with van der Waals surface area (Å²) in [7, 11) is 2.00. The molecular weight excluding hydrogens is 607 g/mol. The molecule has 4 aliphatic rings. The fraction of sp³-hybridized carbons (Fsp3) is 0.528. The van der Waals surface area contributed by atoms with Gasteiger partial charge in [0.15, 0.2) is 5.82 Å². The van der Waals surface area contributed by atoms with Crippen LogP contribution in [0.4, 0.5) is 19.0 Å². The molecule has 11 heteroatoms. The van der Waals surface area contributed by atoms with Crippen molar-refractivity contribution in [3.05, 3.63) is 41.5 Å². The minimum Gasteiger partial charge on any atom is -0.508 e. The lowest BCUT2D eigenvalue weighted by atomic mass is 9.78. The van der Waals surface area contributed by atoms with Crippen LogP contribution in [-0.4, -0.2) is 75.6 Å². The molecule has 0 unspecified atom stereocenters. The Balaban J connectivity index is 1.34. The van der Waals surface area contributed by atoms with Crippen molar-refractivity contribution < 1.29 is 27.8 Å². The molecule has 1 saturated carbocycles. The minimum atomic E-state index is -0.914. The third-order valence-electron chi connectivity index (χ3n) is 11.3. The monoisotopic (exact) mass is 647 g/mol. The Bertz CT molecular complexity index is 1880. The molecule has 248 valence electrons. The number of hydrogen-bond donors (Lipinski definition) is 1. The normalized spacial score (nSPS) is 24.0. The lowest BCUT2D eigenvalue weighted by Gasteiger charge is -2.46. The Hall–Kier alpha value is -3.86. The number of hydrogen-bond acceptors (Lipinski definition) is 8. The predicted molar refractivity (Wildman–Crippen MR) is 174 cm³/mol. The first kappa shape index (κ1) is 30.5. The largest absolute Gasteiger partial charge is 0.508 e. The fourth-order valence-corrected chi connectivity index (χ4v) is 8.90. The molecule has 0 radical (unpaired) electrons. The van der Waals surface area contributed by atoms with Gasteiger partial charge in [0, 0.05) is 37.5 Å². The smallest absolute Gasteiger partial charge is 0.319 e. The number of phenols is 1. The number of aromatic nitrogens is 3. The van der Waals surface area contributed by atoms with Crippen molar-refractivity contribution in [3.8, 4) is 28.9 Å². The molecule has 2 atom stereocenters. The average molecular weight is 648 g/mol. The number of ether oxygens (including phenoxy) is 2. The second kappa shape index (κ2) is 11.4. The van der Waals surface area contributed by atoms with E-state index in [0.717, 1.165) is 57.9 Å². The molecule has 3 aliphatic heterocycles. The summed E-state index contributed by atoms with van der Waals surface area (Å²) in [6, 6.07) is 5.89. The van der Waals surface area contributed by atoms with E-state index in [-0.39, 0.29) is 46.6 Å². The molecule has 2 aromatic heterocycles. The molecule has 1 aliphatic carbocycles. The van der Waals surface area contributed by atoms with E-state index in [1.807, 2.05) is 14.0 Å². The molecule has 3 fully saturated rings. The second-order valence-electron chi connectivity index (χ2n) is 13.9. The molecule has 1 N–H and O–H groups in total. The van der Waals surface area contributed by atoms with Crippen LogP contribution in [0, 0.1) is 11.6 Å². The summed E-state index contributed by atoms with van der Waals surface area (Å²) in [5, 5.41) is 12.1. The summed E-state index contributed by atoms with van der Waals surface area (Å²) in [5.74, 6) is -0.590. The van der Waals surface area contributed by atoms with Crippen LogP contribution in [-0.2, 0) is 6.42 Å². The number of phenolic OH excluding ortho intramolecular Hbond substituents is 1. The first-order chi connectivity index (χ1) is 22.7. The summed E-state index contributed by atoms with van der Waals surface area (Å²) in [4.78, 5) is 18.6. The van der Waals surface area contributed by atoms with Crippen LogP contribution in [0.25, 0.3) is 32.9 Å². The van der Waals surface area contributed by atoms with E-state index >= 15 is 8.78 Å². The first-order valence-corrected chi connectivity index (χ1v) is 17.0. The van der Waals surface area contributed by atoms with Crippen LogP contribution < -0.4 is 14.4 Å². The summed E-state index contributed by atoms with van der Waals surface area (Å²) in [6.45, 7) is 3.61. The van der Waals surface area contributed by atoms with Crippen molar-refractivity contribution in [2.24, 2.45) is 0 Å². The molecule has 5 heterocycles. The van der Waals surface area contributed by atoms with Crippen molar-refractivity contribution in [3.63, 3.8) is 0 Å². The summed E-state index contributed by atoms with van der Waals surface area (Å²) >= 11 is 0. The lowest BCUT2D eigenvalue weighted by molar-refractivity contribution is 0.107. The van der Waals surface area contributed by atoms with Gasteiger partial charge in [-0.3, -0.25) is 4.90 Å². The highest BCUT2D eigenvalue weighted by molar-refractivity contribution is 6.03. The van der Waals surface area contributed by atoms with Gasteiger partial charge in [-0.25, -0.2) is 18.2 Å². The molecular formula is C36H40F3N5O3.